The fourth-order valence-corrected chi connectivity index (χ4v) is 2.39. The number of aliphatic carboxylic acids is 1. The Morgan fingerprint density at radius 1 is 1.58 bits per heavy atom. The Labute approximate surface area is 114 Å². The maximum atomic E-state index is 10.9. The van der Waals surface area contributed by atoms with Crippen molar-refractivity contribution in [1.29, 1.82) is 0 Å². The number of rotatable bonds is 7. The van der Waals surface area contributed by atoms with Crippen molar-refractivity contribution in [3.05, 3.63) is 11.7 Å². The maximum Gasteiger partial charge on any atom is 0.327 e. The zero-order valence-electron chi connectivity index (χ0n) is 10.5. The Morgan fingerprint density at radius 3 is 2.89 bits per heavy atom. The van der Waals surface area contributed by atoms with Crippen LogP contribution in [-0.2, 0) is 15.3 Å². The van der Waals surface area contributed by atoms with Gasteiger partial charge < -0.3 is 14.9 Å². The van der Waals surface area contributed by atoms with E-state index < -0.39 is 12.0 Å². The molecule has 0 aromatic carbocycles. The monoisotopic (exact) mass is 285 g/mol. The molecule has 104 valence electrons. The van der Waals surface area contributed by atoms with E-state index in [0.29, 0.717) is 17.6 Å². The summed E-state index contributed by atoms with van der Waals surface area (Å²) >= 11 is 1.34. The highest BCUT2D eigenvalue weighted by atomic mass is 32.2. The van der Waals surface area contributed by atoms with Gasteiger partial charge in [-0.15, -0.1) is 11.8 Å². The molecule has 1 aliphatic rings. The Morgan fingerprint density at radius 2 is 2.32 bits per heavy atom. The van der Waals surface area contributed by atoms with Gasteiger partial charge in [-0.05, 0) is 12.8 Å². The van der Waals surface area contributed by atoms with E-state index in [2.05, 4.69) is 15.5 Å². The molecule has 0 spiro atoms. The van der Waals surface area contributed by atoms with E-state index in [4.69, 9.17) is 9.63 Å². The van der Waals surface area contributed by atoms with Crippen LogP contribution in [-0.4, -0.2) is 38.9 Å². The summed E-state index contributed by atoms with van der Waals surface area (Å²) in [5, 5.41) is 15.2. The van der Waals surface area contributed by atoms with Crippen LogP contribution < -0.4 is 5.32 Å². The van der Waals surface area contributed by atoms with Gasteiger partial charge in [0.1, 0.15) is 6.04 Å². The summed E-state index contributed by atoms with van der Waals surface area (Å²) in [5.41, 5.74) is 0. The molecule has 1 heterocycles. The summed E-state index contributed by atoms with van der Waals surface area (Å²) in [6.45, 7) is 1.29. The van der Waals surface area contributed by atoms with E-state index in [-0.39, 0.29) is 11.7 Å². The van der Waals surface area contributed by atoms with Crippen LogP contribution in [0.25, 0.3) is 0 Å². The van der Waals surface area contributed by atoms with Gasteiger partial charge >= 0.3 is 5.97 Å². The molecular weight excluding hydrogens is 270 g/mol. The summed E-state index contributed by atoms with van der Waals surface area (Å²) in [6.07, 6.45) is 2.21. The zero-order chi connectivity index (χ0) is 13.8. The van der Waals surface area contributed by atoms with Crippen molar-refractivity contribution in [3.8, 4) is 0 Å². The average molecular weight is 285 g/mol. The Kier molecular flexibility index (Phi) is 4.41. The third kappa shape index (κ3) is 4.23. The highest BCUT2D eigenvalue weighted by Crippen LogP contribution is 2.38. The molecule has 1 atom stereocenters. The number of carboxylic acid groups (broad SMARTS) is 1. The van der Waals surface area contributed by atoms with E-state index in [0.717, 1.165) is 18.7 Å². The number of thioether (sulfide) groups is 1. The summed E-state index contributed by atoms with van der Waals surface area (Å²) in [4.78, 5) is 26.0. The number of carboxylic acids is 1. The van der Waals surface area contributed by atoms with E-state index in [1.54, 1.807) is 0 Å². The van der Waals surface area contributed by atoms with Crippen LogP contribution in [0.4, 0.5) is 0 Å². The molecular formula is C11H15N3O4S. The van der Waals surface area contributed by atoms with Crippen LogP contribution >= 0.6 is 11.8 Å². The van der Waals surface area contributed by atoms with Crippen LogP contribution in [0.3, 0.4) is 0 Å². The lowest BCUT2D eigenvalue weighted by Gasteiger charge is -2.11. The van der Waals surface area contributed by atoms with Crippen LogP contribution in [0.5, 0.6) is 0 Å². The predicted molar refractivity (Wildman–Crippen MR) is 67.7 cm³/mol. The van der Waals surface area contributed by atoms with Crippen LogP contribution in [0.2, 0.25) is 0 Å². The smallest absolute Gasteiger partial charge is 0.327 e. The molecule has 1 saturated carbocycles. The van der Waals surface area contributed by atoms with E-state index in [9.17, 15) is 9.59 Å². The van der Waals surface area contributed by atoms with Crippen molar-refractivity contribution in [2.75, 3.05) is 5.75 Å². The van der Waals surface area contributed by atoms with Crippen LogP contribution in [0.15, 0.2) is 4.52 Å². The van der Waals surface area contributed by atoms with Crippen molar-refractivity contribution >= 4 is 23.6 Å². The molecule has 0 bridgehead atoms. The standard InChI is InChI=1S/C11H15N3O4S/c1-6(15)12-8(11(16)17)4-19-5-9-13-10(14-18-9)7-2-3-7/h7-8H,2-5H2,1H3,(H,12,15)(H,16,17). The molecule has 1 aromatic rings. The number of carbonyl (C=O) groups excluding carboxylic acids is 1. The van der Waals surface area contributed by atoms with Gasteiger partial charge in [0.15, 0.2) is 5.82 Å². The number of hydrogen-bond donors (Lipinski definition) is 2. The molecule has 19 heavy (non-hydrogen) atoms. The topological polar surface area (TPSA) is 105 Å². The average Bonchev–Trinajstić information content (AvgIpc) is 3.08. The lowest BCUT2D eigenvalue weighted by molar-refractivity contribution is -0.140. The summed E-state index contributed by atoms with van der Waals surface area (Å²) < 4.78 is 5.07. The zero-order valence-corrected chi connectivity index (χ0v) is 11.3. The Hall–Kier alpha value is -1.57. The summed E-state index contributed by atoms with van der Waals surface area (Å²) in [6, 6.07) is -0.895. The van der Waals surface area contributed by atoms with Gasteiger partial charge in [0, 0.05) is 18.6 Å². The molecule has 1 aromatic heterocycles. The van der Waals surface area contributed by atoms with Gasteiger partial charge in [-0.3, -0.25) is 4.79 Å². The van der Waals surface area contributed by atoms with Crippen molar-refractivity contribution < 1.29 is 19.2 Å². The summed E-state index contributed by atoms with van der Waals surface area (Å²) in [7, 11) is 0. The molecule has 1 amide bonds. The number of hydrogen-bond acceptors (Lipinski definition) is 6. The number of aromatic nitrogens is 2. The largest absolute Gasteiger partial charge is 0.480 e. The third-order valence-corrected chi connectivity index (χ3v) is 3.63. The van der Waals surface area contributed by atoms with Crippen LogP contribution in [0.1, 0.15) is 37.4 Å². The van der Waals surface area contributed by atoms with E-state index >= 15 is 0 Å². The van der Waals surface area contributed by atoms with Gasteiger partial charge in [-0.25, -0.2) is 4.79 Å². The minimum Gasteiger partial charge on any atom is -0.480 e. The molecule has 8 heteroatoms. The molecule has 1 aliphatic carbocycles. The molecule has 2 N–H and O–H groups in total. The third-order valence-electron chi connectivity index (χ3n) is 2.61. The fourth-order valence-electron chi connectivity index (χ4n) is 1.52. The lowest BCUT2D eigenvalue weighted by Crippen LogP contribution is -2.41. The molecule has 0 saturated heterocycles. The molecule has 7 nitrogen and oxygen atoms in total. The second-order valence-electron chi connectivity index (χ2n) is 4.43. The molecule has 0 aliphatic heterocycles. The van der Waals surface area contributed by atoms with Crippen molar-refractivity contribution in [2.45, 2.75) is 37.5 Å². The first-order valence-electron chi connectivity index (χ1n) is 5.96. The number of amides is 1. The van der Waals surface area contributed by atoms with E-state index in [1.807, 2.05) is 0 Å². The quantitative estimate of drug-likeness (QED) is 0.762. The number of nitrogens with zero attached hydrogens (tertiary/aromatic N) is 2. The van der Waals surface area contributed by atoms with Crippen molar-refractivity contribution in [3.63, 3.8) is 0 Å². The van der Waals surface area contributed by atoms with Crippen molar-refractivity contribution in [1.82, 2.24) is 15.5 Å². The van der Waals surface area contributed by atoms with Gasteiger partial charge in [-0.1, -0.05) is 5.16 Å². The minimum absolute atomic E-state index is 0.260. The maximum absolute atomic E-state index is 10.9. The number of nitrogens with one attached hydrogen (secondary N) is 1. The predicted octanol–water partition coefficient (Wildman–Crippen LogP) is 0.770. The van der Waals surface area contributed by atoms with Crippen LogP contribution in [0, 0.1) is 0 Å². The Bertz CT molecular complexity index is 472. The summed E-state index contributed by atoms with van der Waals surface area (Å²) in [5.74, 6) is 0.979. The fraction of sp³-hybridized carbons (Fsp3) is 0.636. The van der Waals surface area contributed by atoms with Gasteiger partial charge in [-0.2, -0.15) is 4.98 Å². The Balaban J connectivity index is 1.77. The highest BCUT2D eigenvalue weighted by Gasteiger charge is 2.28. The molecule has 1 fully saturated rings. The number of carbonyl (C=O) groups is 2. The SMILES string of the molecule is CC(=O)NC(CSCc1nc(C2CC2)no1)C(=O)O. The second kappa shape index (κ2) is 6.05. The normalized spacial score (nSPS) is 16.1. The first kappa shape index (κ1) is 13.9. The first-order chi connectivity index (χ1) is 9.06. The lowest BCUT2D eigenvalue weighted by atomic mass is 10.3. The second-order valence-corrected chi connectivity index (χ2v) is 5.46. The van der Waals surface area contributed by atoms with Gasteiger partial charge in [0.2, 0.25) is 11.8 Å². The molecule has 0 radical (unpaired) electrons. The molecule has 2 rings (SSSR count). The van der Waals surface area contributed by atoms with Gasteiger partial charge in [0.25, 0.3) is 0 Å². The highest BCUT2D eigenvalue weighted by molar-refractivity contribution is 7.98. The van der Waals surface area contributed by atoms with Crippen molar-refractivity contribution in [2.24, 2.45) is 0 Å². The minimum atomic E-state index is -1.05. The molecule has 1 unspecified atom stereocenters. The van der Waals surface area contributed by atoms with E-state index in [1.165, 1.54) is 18.7 Å². The first-order valence-corrected chi connectivity index (χ1v) is 7.12. The van der Waals surface area contributed by atoms with Gasteiger partial charge in [0.05, 0.1) is 5.75 Å².